The molecule has 21 heavy (non-hydrogen) atoms. The molecule has 0 unspecified atom stereocenters. The number of carbonyl (C=O) groups is 1. The lowest BCUT2D eigenvalue weighted by atomic mass is 10.1. The van der Waals surface area contributed by atoms with Gasteiger partial charge in [0.05, 0.1) is 12.7 Å². The van der Waals surface area contributed by atoms with E-state index in [0.29, 0.717) is 5.56 Å². The van der Waals surface area contributed by atoms with Crippen LogP contribution in [0.15, 0.2) is 24.5 Å². The van der Waals surface area contributed by atoms with E-state index in [2.05, 4.69) is 9.97 Å². The number of hydrogen-bond donors (Lipinski definition) is 1. The molecule has 1 N–H and O–H groups in total. The van der Waals surface area contributed by atoms with Gasteiger partial charge in [-0.1, -0.05) is 12.2 Å². The van der Waals surface area contributed by atoms with Crippen molar-refractivity contribution in [3.05, 3.63) is 52.3 Å². The van der Waals surface area contributed by atoms with Crippen LogP contribution in [-0.4, -0.2) is 28.2 Å². The molecule has 0 aliphatic rings. The van der Waals surface area contributed by atoms with Gasteiger partial charge in [-0.2, -0.15) is 0 Å². The molecule has 0 amide bonds. The summed E-state index contributed by atoms with van der Waals surface area (Å²) >= 11 is 5.56. The summed E-state index contributed by atoms with van der Waals surface area (Å²) in [5.74, 6) is -1.95. The molecular weight excluding hydrogens is 299 g/mol. The average molecular weight is 309 g/mol. The number of aromatic nitrogens is 2. The molecule has 0 spiro atoms. The molecule has 0 saturated carbocycles. The molecule has 7 heteroatoms. The van der Waals surface area contributed by atoms with E-state index in [0.717, 1.165) is 6.07 Å². The maximum absolute atomic E-state index is 14.1. The predicted molar refractivity (Wildman–Crippen MR) is 75.9 cm³/mol. The molecule has 1 heterocycles. The van der Waals surface area contributed by atoms with Crippen LogP contribution in [0.1, 0.15) is 21.5 Å². The van der Waals surface area contributed by atoms with Crippen molar-refractivity contribution in [2.75, 3.05) is 7.11 Å². The highest BCUT2D eigenvalue weighted by Crippen LogP contribution is 2.24. The SMILES string of the molecule is COc1cc(C(=O)O)cc(/C=C/c2cnc(Cl)nc2)c1F. The Balaban J connectivity index is 2.40. The molecule has 0 aliphatic heterocycles. The third-order valence-electron chi connectivity index (χ3n) is 2.63. The molecule has 0 fully saturated rings. The number of carboxylic acids is 1. The zero-order valence-corrected chi connectivity index (χ0v) is 11.6. The van der Waals surface area contributed by atoms with E-state index in [1.54, 1.807) is 6.08 Å². The van der Waals surface area contributed by atoms with Gasteiger partial charge in [0, 0.05) is 23.5 Å². The highest BCUT2D eigenvalue weighted by molar-refractivity contribution is 6.28. The standard InChI is InChI=1S/C14H10ClFN2O3/c1-21-11-5-10(13(19)20)4-9(12(11)16)3-2-8-6-17-14(15)18-7-8/h2-7H,1H3,(H,19,20)/b3-2+. The van der Waals surface area contributed by atoms with E-state index in [4.69, 9.17) is 21.4 Å². The third-order valence-corrected chi connectivity index (χ3v) is 2.83. The van der Waals surface area contributed by atoms with E-state index in [9.17, 15) is 9.18 Å². The molecular formula is C14H10ClFN2O3. The number of hydrogen-bond acceptors (Lipinski definition) is 4. The second-order valence-electron chi connectivity index (χ2n) is 4.01. The minimum atomic E-state index is -1.17. The van der Waals surface area contributed by atoms with Crippen LogP contribution < -0.4 is 4.74 Å². The lowest BCUT2D eigenvalue weighted by Gasteiger charge is -2.06. The van der Waals surface area contributed by atoms with Gasteiger partial charge in [-0.15, -0.1) is 0 Å². The predicted octanol–water partition coefficient (Wildman–Crippen LogP) is 3.15. The van der Waals surface area contributed by atoms with Crippen molar-refractivity contribution in [2.24, 2.45) is 0 Å². The Hall–Kier alpha value is -2.47. The lowest BCUT2D eigenvalue weighted by Crippen LogP contribution is -2.00. The molecule has 0 bridgehead atoms. The van der Waals surface area contributed by atoms with E-state index >= 15 is 0 Å². The molecule has 1 aromatic carbocycles. The van der Waals surface area contributed by atoms with Crippen molar-refractivity contribution in [2.45, 2.75) is 0 Å². The highest BCUT2D eigenvalue weighted by Gasteiger charge is 2.13. The number of benzene rings is 1. The second kappa shape index (κ2) is 6.32. The zero-order valence-electron chi connectivity index (χ0n) is 10.9. The van der Waals surface area contributed by atoms with Gasteiger partial charge in [-0.25, -0.2) is 19.2 Å². The number of methoxy groups -OCH3 is 1. The van der Waals surface area contributed by atoms with Gasteiger partial charge in [0.25, 0.3) is 0 Å². The highest BCUT2D eigenvalue weighted by atomic mass is 35.5. The summed E-state index contributed by atoms with van der Waals surface area (Å²) in [5, 5.41) is 9.10. The van der Waals surface area contributed by atoms with Crippen LogP contribution in [0.3, 0.4) is 0 Å². The second-order valence-corrected chi connectivity index (χ2v) is 4.34. The zero-order chi connectivity index (χ0) is 15.4. The number of ether oxygens (including phenoxy) is 1. The number of nitrogens with zero attached hydrogens (tertiary/aromatic N) is 2. The van der Waals surface area contributed by atoms with Crippen LogP contribution in [0, 0.1) is 5.82 Å². The number of aromatic carboxylic acids is 1. The largest absolute Gasteiger partial charge is 0.494 e. The molecule has 0 radical (unpaired) electrons. The van der Waals surface area contributed by atoms with Crippen molar-refractivity contribution in [3.63, 3.8) is 0 Å². The first kappa shape index (κ1) is 14.9. The van der Waals surface area contributed by atoms with Crippen LogP contribution in [-0.2, 0) is 0 Å². The van der Waals surface area contributed by atoms with Crippen molar-refractivity contribution in [3.8, 4) is 5.75 Å². The van der Waals surface area contributed by atoms with E-state index in [-0.39, 0.29) is 22.2 Å². The molecule has 0 aliphatic carbocycles. The Morgan fingerprint density at radius 2 is 2.00 bits per heavy atom. The van der Waals surface area contributed by atoms with Gasteiger partial charge in [-0.05, 0) is 23.7 Å². The quantitative estimate of drug-likeness (QED) is 0.878. The minimum Gasteiger partial charge on any atom is -0.494 e. The van der Waals surface area contributed by atoms with Crippen LogP contribution in [0.5, 0.6) is 5.75 Å². The molecule has 5 nitrogen and oxygen atoms in total. The van der Waals surface area contributed by atoms with Crippen molar-refractivity contribution >= 4 is 29.7 Å². The fourth-order valence-corrected chi connectivity index (χ4v) is 1.70. The van der Waals surface area contributed by atoms with Crippen LogP contribution in [0.25, 0.3) is 12.2 Å². The molecule has 108 valence electrons. The first-order valence-corrected chi connectivity index (χ1v) is 6.15. The first-order chi connectivity index (χ1) is 10.0. The Labute approximate surface area is 124 Å². The van der Waals surface area contributed by atoms with Crippen molar-refractivity contribution in [1.82, 2.24) is 9.97 Å². The van der Waals surface area contributed by atoms with Crippen LogP contribution >= 0.6 is 11.6 Å². The summed E-state index contributed by atoms with van der Waals surface area (Å²) in [6, 6.07) is 2.34. The van der Waals surface area contributed by atoms with Gasteiger partial charge < -0.3 is 9.84 Å². The summed E-state index contributed by atoms with van der Waals surface area (Å²) in [6.07, 6.45) is 5.88. The van der Waals surface area contributed by atoms with Crippen LogP contribution in [0.2, 0.25) is 5.28 Å². The van der Waals surface area contributed by atoms with Gasteiger partial charge in [0.1, 0.15) is 0 Å². The lowest BCUT2D eigenvalue weighted by molar-refractivity contribution is 0.0696. The van der Waals surface area contributed by atoms with E-state index in [1.165, 1.54) is 31.6 Å². The van der Waals surface area contributed by atoms with Gasteiger partial charge in [0.15, 0.2) is 11.6 Å². The summed E-state index contributed by atoms with van der Waals surface area (Å²) in [4.78, 5) is 18.6. The Morgan fingerprint density at radius 1 is 1.33 bits per heavy atom. The van der Waals surface area contributed by atoms with Gasteiger partial charge in [-0.3, -0.25) is 0 Å². The Kier molecular flexibility index (Phi) is 4.49. The summed E-state index contributed by atoms with van der Waals surface area (Å²) in [7, 11) is 1.27. The smallest absolute Gasteiger partial charge is 0.335 e. The summed E-state index contributed by atoms with van der Waals surface area (Å²) < 4.78 is 18.9. The van der Waals surface area contributed by atoms with Gasteiger partial charge >= 0.3 is 5.97 Å². The molecule has 0 atom stereocenters. The minimum absolute atomic E-state index is 0.0692. The van der Waals surface area contributed by atoms with E-state index in [1.807, 2.05) is 0 Å². The topological polar surface area (TPSA) is 72.3 Å². The van der Waals surface area contributed by atoms with Gasteiger partial charge in [0.2, 0.25) is 5.28 Å². The number of halogens is 2. The Bertz CT molecular complexity index is 702. The molecule has 2 aromatic rings. The molecule has 2 rings (SSSR count). The molecule has 0 saturated heterocycles. The third kappa shape index (κ3) is 3.55. The first-order valence-electron chi connectivity index (χ1n) is 5.77. The fraction of sp³-hybridized carbons (Fsp3) is 0.0714. The number of rotatable bonds is 4. The normalized spacial score (nSPS) is 10.8. The Morgan fingerprint density at radius 3 is 2.57 bits per heavy atom. The maximum atomic E-state index is 14.1. The van der Waals surface area contributed by atoms with E-state index < -0.39 is 11.8 Å². The van der Waals surface area contributed by atoms with Crippen molar-refractivity contribution < 1.29 is 19.0 Å². The number of carboxylic acid groups (broad SMARTS) is 1. The monoisotopic (exact) mass is 308 g/mol. The fourth-order valence-electron chi connectivity index (χ4n) is 1.61. The van der Waals surface area contributed by atoms with Crippen LogP contribution in [0.4, 0.5) is 4.39 Å². The van der Waals surface area contributed by atoms with Crippen molar-refractivity contribution in [1.29, 1.82) is 0 Å². The average Bonchev–Trinajstić information content (AvgIpc) is 2.47. The summed E-state index contributed by atoms with van der Waals surface area (Å²) in [5.41, 5.74) is 0.612. The summed E-state index contributed by atoms with van der Waals surface area (Å²) in [6.45, 7) is 0. The molecule has 1 aromatic heterocycles. The maximum Gasteiger partial charge on any atom is 0.335 e.